The molecule has 168 valence electrons. The van der Waals surface area contributed by atoms with Gasteiger partial charge in [0.1, 0.15) is 5.75 Å². The molecule has 31 heavy (non-hydrogen) atoms. The second-order valence-electron chi connectivity index (χ2n) is 8.10. The summed E-state index contributed by atoms with van der Waals surface area (Å²) in [6, 6.07) is 14.4. The van der Waals surface area contributed by atoms with Crippen LogP contribution in [0.2, 0.25) is 0 Å². The van der Waals surface area contributed by atoms with Crippen molar-refractivity contribution in [2.45, 2.75) is 56.4 Å². The van der Waals surface area contributed by atoms with Gasteiger partial charge in [-0.1, -0.05) is 49.1 Å². The van der Waals surface area contributed by atoms with E-state index in [-0.39, 0.29) is 23.4 Å². The maximum Gasteiger partial charge on any atom is 0.243 e. The van der Waals surface area contributed by atoms with E-state index in [0.29, 0.717) is 13.0 Å². The highest BCUT2D eigenvalue weighted by Gasteiger charge is 2.33. The topological polar surface area (TPSA) is 75.7 Å². The van der Waals surface area contributed by atoms with E-state index in [0.717, 1.165) is 49.0 Å². The number of rotatable bonds is 9. The molecule has 2 aromatic rings. The maximum absolute atomic E-state index is 13.4. The summed E-state index contributed by atoms with van der Waals surface area (Å²) >= 11 is 0. The van der Waals surface area contributed by atoms with E-state index in [4.69, 9.17) is 4.74 Å². The molecule has 6 nitrogen and oxygen atoms in total. The van der Waals surface area contributed by atoms with Crippen molar-refractivity contribution < 1.29 is 17.9 Å². The number of benzene rings is 2. The van der Waals surface area contributed by atoms with Crippen LogP contribution in [0, 0.1) is 6.92 Å². The lowest BCUT2D eigenvalue weighted by Gasteiger charge is -2.33. The molecule has 1 N–H and O–H groups in total. The van der Waals surface area contributed by atoms with Crippen LogP contribution in [0.4, 0.5) is 0 Å². The first-order valence-electron chi connectivity index (χ1n) is 10.9. The van der Waals surface area contributed by atoms with Gasteiger partial charge in [0, 0.05) is 12.6 Å². The van der Waals surface area contributed by atoms with Crippen LogP contribution >= 0.6 is 0 Å². The standard InChI is InChI=1S/C24H32N2O4S/c1-19-8-14-23(15-9-19)31(28,29)26(21-6-4-3-5-7-21)18-24(27)25-17-16-20-10-12-22(30-2)13-11-20/h8-15,21H,3-7,16-18H2,1-2H3,(H,25,27). The van der Waals surface area contributed by atoms with Crippen molar-refractivity contribution in [1.29, 1.82) is 0 Å². The lowest BCUT2D eigenvalue weighted by molar-refractivity contribution is -0.121. The van der Waals surface area contributed by atoms with Gasteiger partial charge < -0.3 is 10.1 Å². The van der Waals surface area contributed by atoms with E-state index >= 15 is 0 Å². The van der Waals surface area contributed by atoms with Gasteiger partial charge in [0.25, 0.3) is 0 Å². The zero-order chi connectivity index (χ0) is 22.3. The van der Waals surface area contributed by atoms with Crippen LogP contribution in [0.1, 0.15) is 43.2 Å². The summed E-state index contributed by atoms with van der Waals surface area (Å²) < 4.78 is 33.3. The molecule has 1 amide bonds. The van der Waals surface area contributed by atoms with Crippen molar-refractivity contribution >= 4 is 15.9 Å². The van der Waals surface area contributed by atoms with Crippen molar-refractivity contribution in [3.63, 3.8) is 0 Å². The quantitative estimate of drug-likeness (QED) is 0.640. The number of carbonyl (C=O) groups is 1. The third-order valence-electron chi connectivity index (χ3n) is 5.80. The monoisotopic (exact) mass is 444 g/mol. The number of methoxy groups -OCH3 is 1. The Labute approximate surface area is 185 Å². The molecule has 0 aliphatic heterocycles. The Bertz CT molecular complexity index is 950. The number of hydrogen-bond donors (Lipinski definition) is 1. The Kier molecular flexibility index (Phi) is 8.09. The van der Waals surface area contributed by atoms with Crippen LogP contribution < -0.4 is 10.1 Å². The lowest BCUT2D eigenvalue weighted by atomic mass is 9.95. The minimum atomic E-state index is -3.74. The summed E-state index contributed by atoms with van der Waals surface area (Å²) in [4.78, 5) is 12.9. The van der Waals surface area contributed by atoms with Crippen LogP contribution in [0.3, 0.4) is 0 Å². The minimum absolute atomic E-state index is 0.132. The van der Waals surface area contributed by atoms with E-state index in [1.807, 2.05) is 31.2 Å². The van der Waals surface area contributed by atoms with Gasteiger partial charge in [0.2, 0.25) is 15.9 Å². The Balaban J connectivity index is 1.66. The Hall–Kier alpha value is -2.38. The summed E-state index contributed by atoms with van der Waals surface area (Å²) in [5.74, 6) is 0.520. The predicted octanol–water partition coefficient (Wildman–Crippen LogP) is 3.69. The molecule has 0 atom stereocenters. The number of ether oxygens (including phenoxy) is 1. The van der Waals surface area contributed by atoms with Gasteiger partial charge in [-0.2, -0.15) is 4.31 Å². The van der Waals surface area contributed by atoms with Gasteiger partial charge >= 0.3 is 0 Å². The van der Waals surface area contributed by atoms with Gasteiger partial charge in [0.05, 0.1) is 18.6 Å². The van der Waals surface area contributed by atoms with Gasteiger partial charge in [-0.05, 0) is 56.0 Å². The van der Waals surface area contributed by atoms with Crippen molar-refractivity contribution in [1.82, 2.24) is 9.62 Å². The molecule has 0 aromatic heterocycles. The molecule has 0 saturated heterocycles. The van der Waals surface area contributed by atoms with Crippen molar-refractivity contribution in [3.05, 3.63) is 59.7 Å². The van der Waals surface area contributed by atoms with Crippen LogP contribution in [-0.2, 0) is 21.2 Å². The van der Waals surface area contributed by atoms with Gasteiger partial charge in [-0.3, -0.25) is 4.79 Å². The zero-order valence-corrected chi connectivity index (χ0v) is 19.2. The highest BCUT2D eigenvalue weighted by Crippen LogP contribution is 2.27. The molecule has 1 saturated carbocycles. The number of hydrogen-bond acceptors (Lipinski definition) is 4. The fourth-order valence-corrected chi connectivity index (χ4v) is 5.60. The minimum Gasteiger partial charge on any atom is -0.497 e. The van der Waals surface area contributed by atoms with E-state index in [1.165, 1.54) is 4.31 Å². The first kappa shape index (κ1) is 23.3. The average Bonchev–Trinajstić information content (AvgIpc) is 2.78. The predicted molar refractivity (Wildman–Crippen MR) is 122 cm³/mol. The zero-order valence-electron chi connectivity index (χ0n) is 18.3. The summed E-state index contributed by atoms with van der Waals surface area (Å²) in [5.41, 5.74) is 2.08. The molecule has 0 radical (unpaired) electrons. The molecule has 0 unspecified atom stereocenters. The number of amides is 1. The van der Waals surface area contributed by atoms with E-state index < -0.39 is 10.0 Å². The molecule has 0 heterocycles. The van der Waals surface area contributed by atoms with E-state index in [2.05, 4.69) is 5.32 Å². The van der Waals surface area contributed by atoms with Crippen molar-refractivity contribution in [2.75, 3.05) is 20.2 Å². The SMILES string of the molecule is COc1ccc(CCNC(=O)CN(C2CCCCC2)S(=O)(=O)c2ccc(C)cc2)cc1. The van der Waals surface area contributed by atoms with E-state index in [9.17, 15) is 13.2 Å². The Morgan fingerprint density at radius 3 is 2.29 bits per heavy atom. The van der Waals surface area contributed by atoms with Crippen LogP contribution in [0.15, 0.2) is 53.4 Å². The van der Waals surface area contributed by atoms with Crippen LogP contribution in [-0.4, -0.2) is 44.9 Å². The van der Waals surface area contributed by atoms with E-state index in [1.54, 1.807) is 31.4 Å². The van der Waals surface area contributed by atoms with Gasteiger partial charge in [-0.25, -0.2) is 8.42 Å². The third-order valence-corrected chi connectivity index (χ3v) is 7.72. The number of carbonyl (C=O) groups excluding carboxylic acids is 1. The third kappa shape index (κ3) is 6.31. The lowest BCUT2D eigenvalue weighted by Crippen LogP contribution is -2.47. The molecule has 1 fully saturated rings. The average molecular weight is 445 g/mol. The molecule has 3 rings (SSSR count). The molecular formula is C24H32N2O4S. The summed E-state index contributed by atoms with van der Waals surface area (Å²) in [7, 11) is -2.12. The number of nitrogens with one attached hydrogen (secondary N) is 1. The second-order valence-corrected chi connectivity index (χ2v) is 9.99. The normalized spacial score (nSPS) is 15.1. The van der Waals surface area contributed by atoms with Crippen LogP contribution in [0.5, 0.6) is 5.75 Å². The molecule has 2 aromatic carbocycles. The number of nitrogens with zero attached hydrogens (tertiary/aromatic N) is 1. The van der Waals surface area contributed by atoms with Crippen LogP contribution in [0.25, 0.3) is 0 Å². The van der Waals surface area contributed by atoms with Gasteiger partial charge in [0.15, 0.2) is 0 Å². The maximum atomic E-state index is 13.4. The molecule has 7 heteroatoms. The largest absolute Gasteiger partial charge is 0.497 e. The van der Waals surface area contributed by atoms with Crippen molar-refractivity contribution in [2.24, 2.45) is 0 Å². The Morgan fingerprint density at radius 1 is 1.03 bits per heavy atom. The van der Waals surface area contributed by atoms with Crippen molar-refractivity contribution in [3.8, 4) is 5.75 Å². The second kappa shape index (κ2) is 10.8. The summed E-state index contributed by atoms with van der Waals surface area (Å²) in [6.07, 6.45) is 5.36. The molecule has 1 aliphatic carbocycles. The highest BCUT2D eigenvalue weighted by atomic mass is 32.2. The fraction of sp³-hybridized carbons (Fsp3) is 0.458. The highest BCUT2D eigenvalue weighted by molar-refractivity contribution is 7.89. The summed E-state index contributed by atoms with van der Waals surface area (Å²) in [6.45, 7) is 2.23. The fourth-order valence-electron chi connectivity index (χ4n) is 3.96. The number of sulfonamides is 1. The number of aryl methyl sites for hydroxylation is 1. The Morgan fingerprint density at radius 2 is 1.68 bits per heavy atom. The molecule has 1 aliphatic rings. The first-order chi connectivity index (χ1) is 14.9. The summed E-state index contributed by atoms with van der Waals surface area (Å²) in [5, 5.41) is 2.89. The molecule has 0 spiro atoms. The first-order valence-corrected chi connectivity index (χ1v) is 12.3. The molecular weight excluding hydrogens is 412 g/mol. The molecule has 0 bridgehead atoms. The smallest absolute Gasteiger partial charge is 0.243 e. The van der Waals surface area contributed by atoms with Gasteiger partial charge in [-0.15, -0.1) is 0 Å².